The van der Waals surface area contributed by atoms with Gasteiger partial charge in [-0.15, -0.1) is 0 Å². The molecule has 0 saturated heterocycles. The Morgan fingerprint density at radius 2 is 2.07 bits per heavy atom. The second kappa shape index (κ2) is 5.55. The maximum atomic E-state index is 12.7. The fraction of sp³-hybridized carbons (Fsp3) is 0.556. The van der Waals surface area contributed by atoms with Gasteiger partial charge in [0.05, 0.1) is 7.11 Å². The summed E-state index contributed by atoms with van der Waals surface area (Å²) >= 11 is 0. The summed E-state index contributed by atoms with van der Waals surface area (Å²) in [6.07, 6.45) is 0.219. The predicted molar refractivity (Wildman–Crippen MR) is 51.0 cm³/mol. The number of hydrogen-bond acceptors (Lipinski definition) is 4. The Labute approximate surface area is 86.7 Å². The monoisotopic (exact) mass is 217 g/mol. The number of nitrogens with one attached hydrogen (secondary N) is 1. The maximum absolute atomic E-state index is 12.7. The fourth-order valence-electron chi connectivity index (χ4n) is 1.23. The first-order chi connectivity index (χ1) is 7.20. The zero-order valence-corrected chi connectivity index (χ0v) is 8.58. The molecule has 1 unspecified atom stereocenters. The van der Waals surface area contributed by atoms with Crippen LogP contribution in [0.5, 0.6) is 5.88 Å². The minimum atomic E-state index is -2.55. The van der Waals surface area contributed by atoms with Crippen LogP contribution >= 0.6 is 0 Å². The number of rotatable bonds is 5. The second-order valence-corrected chi connectivity index (χ2v) is 2.82. The van der Waals surface area contributed by atoms with Gasteiger partial charge < -0.3 is 10.1 Å². The van der Waals surface area contributed by atoms with E-state index in [0.29, 0.717) is 6.54 Å². The van der Waals surface area contributed by atoms with Crippen LogP contribution in [0.4, 0.5) is 8.78 Å². The molecular formula is C9H13F2N3O. The molecule has 0 aliphatic heterocycles. The summed E-state index contributed by atoms with van der Waals surface area (Å²) in [7, 11) is 1.38. The van der Waals surface area contributed by atoms with E-state index < -0.39 is 12.5 Å². The van der Waals surface area contributed by atoms with Gasteiger partial charge in [0.2, 0.25) is 5.88 Å². The Balaban J connectivity index is 2.98. The maximum Gasteiger partial charge on any atom is 0.259 e. The van der Waals surface area contributed by atoms with Gasteiger partial charge in [0.25, 0.3) is 6.43 Å². The quantitative estimate of drug-likeness (QED) is 0.809. The largest absolute Gasteiger partial charge is 0.480 e. The highest BCUT2D eigenvalue weighted by molar-refractivity contribution is 5.21. The predicted octanol–water partition coefficient (Wildman–Crippen LogP) is 1.40. The molecule has 1 aromatic heterocycles. The third-order valence-electron chi connectivity index (χ3n) is 1.86. The first kappa shape index (κ1) is 11.8. The van der Waals surface area contributed by atoms with Gasteiger partial charge in [0.1, 0.15) is 11.7 Å². The number of nitrogens with zero attached hydrogens (tertiary/aromatic N) is 2. The molecule has 0 fully saturated rings. The lowest BCUT2D eigenvalue weighted by molar-refractivity contribution is 0.0955. The van der Waals surface area contributed by atoms with Crippen LogP contribution in [-0.4, -0.2) is 30.0 Å². The molecule has 0 bridgehead atoms. The van der Waals surface area contributed by atoms with Gasteiger partial charge in [-0.1, -0.05) is 6.92 Å². The van der Waals surface area contributed by atoms with Crippen LogP contribution in [-0.2, 0) is 0 Å². The first-order valence-electron chi connectivity index (χ1n) is 4.57. The summed E-state index contributed by atoms with van der Waals surface area (Å²) in [4.78, 5) is 7.68. The van der Waals surface area contributed by atoms with Gasteiger partial charge in [0.15, 0.2) is 0 Å². The third kappa shape index (κ3) is 2.82. The topological polar surface area (TPSA) is 47.0 Å². The van der Waals surface area contributed by atoms with E-state index in [9.17, 15) is 8.78 Å². The second-order valence-electron chi connectivity index (χ2n) is 2.82. The van der Waals surface area contributed by atoms with Crippen molar-refractivity contribution in [1.82, 2.24) is 15.3 Å². The van der Waals surface area contributed by atoms with E-state index in [1.807, 2.05) is 0 Å². The smallest absolute Gasteiger partial charge is 0.259 e. The zero-order chi connectivity index (χ0) is 11.3. The van der Waals surface area contributed by atoms with Crippen molar-refractivity contribution in [1.29, 1.82) is 0 Å². The molecule has 1 aromatic rings. The first-order valence-corrected chi connectivity index (χ1v) is 4.57. The van der Waals surface area contributed by atoms with Crippen molar-refractivity contribution in [3.8, 4) is 5.88 Å². The van der Waals surface area contributed by atoms with Gasteiger partial charge in [-0.2, -0.15) is 0 Å². The number of hydrogen-bond donors (Lipinski definition) is 1. The molecule has 1 rings (SSSR count). The third-order valence-corrected chi connectivity index (χ3v) is 1.86. The average molecular weight is 217 g/mol. The minimum Gasteiger partial charge on any atom is -0.480 e. The van der Waals surface area contributed by atoms with Crippen molar-refractivity contribution in [2.45, 2.75) is 19.4 Å². The van der Waals surface area contributed by atoms with E-state index in [1.165, 1.54) is 19.5 Å². The molecule has 84 valence electrons. The van der Waals surface area contributed by atoms with E-state index in [-0.39, 0.29) is 11.6 Å². The van der Waals surface area contributed by atoms with Gasteiger partial charge in [0, 0.05) is 12.4 Å². The molecular weight excluding hydrogens is 204 g/mol. The van der Waals surface area contributed by atoms with E-state index in [2.05, 4.69) is 15.3 Å². The summed E-state index contributed by atoms with van der Waals surface area (Å²) in [5.74, 6) is 0.128. The van der Waals surface area contributed by atoms with E-state index >= 15 is 0 Å². The van der Waals surface area contributed by atoms with Crippen LogP contribution in [0.25, 0.3) is 0 Å². The van der Waals surface area contributed by atoms with Crippen molar-refractivity contribution >= 4 is 0 Å². The van der Waals surface area contributed by atoms with Crippen molar-refractivity contribution in [3.05, 3.63) is 18.1 Å². The van der Waals surface area contributed by atoms with Crippen LogP contribution in [0.15, 0.2) is 12.4 Å². The van der Waals surface area contributed by atoms with E-state index in [0.717, 1.165) is 0 Å². The number of ether oxygens (including phenoxy) is 1. The lowest BCUT2D eigenvalue weighted by Gasteiger charge is -2.17. The fourth-order valence-corrected chi connectivity index (χ4v) is 1.23. The van der Waals surface area contributed by atoms with Crippen molar-refractivity contribution in [2.75, 3.05) is 13.7 Å². The van der Waals surface area contributed by atoms with Crippen LogP contribution in [0.1, 0.15) is 18.7 Å². The molecule has 0 amide bonds. The highest BCUT2D eigenvalue weighted by atomic mass is 19.3. The summed E-state index contributed by atoms with van der Waals surface area (Å²) < 4.78 is 30.3. The minimum absolute atomic E-state index is 0.128. The molecule has 0 aliphatic carbocycles. The molecule has 0 spiro atoms. The van der Waals surface area contributed by atoms with Crippen LogP contribution in [0, 0.1) is 0 Å². The normalized spacial score (nSPS) is 12.9. The van der Waals surface area contributed by atoms with Gasteiger partial charge >= 0.3 is 0 Å². The molecule has 6 heteroatoms. The highest BCUT2D eigenvalue weighted by Gasteiger charge is 2.26. The Morgan fingerprint density at radius 3 is 2.60 bits per heavy atom. The van der Waals surface area contributed by atoms with Crippen LogP contribution < -0.4 is 10.1 Å². The number of methoxy groups -OCH3 is 1. The molecule has 0 aliphatic rings. The Kier molecular flexibility index (Phi) is 4.36. The van der Waals surface area contributed by atoms with Crippen LogP contribution in [0.3, 0.4) is 0 Å². The molecule has 4 nitrogen and oxygen atoms in total. The summed E-state index contributed by atoms with van der Waals surface area (Å²) in [5.41, 5.74) is 0.136. The lowest BCUT2D eigenvalue weighted by Crippen LogP contribution is -2.28. The summed E-state index contributed by atoms with van der Waals surface area (Å²) in [6.45, 7) is 2.17. The van der Waals surface area contributed by atoms with Gasteiger partial charge in [-0.05, 0) is 6.54 Å². The average Bonchev–Trinajstić information content (AvgIpc) is 2.25. The number of aromatic nitrogens is 2. The number of alkyl halides is 2. The van der Waals surface area contributed by atoms with Crippen molar-refractivity contribution in [3.63, 3.8) is 0 Å². The van der Waals surface area contributed by atoms with Crippen molar-refractivity contribution < 1.29 is 13.5 Å². The Hall–Kier alpha value is -1.30. The summed E-state index contributed by atoms with van der Waals surface area (Å²) in [6, 6.07) is -1.14. The SMILES string of the molecule is CCNC(c1nccnc1OC)C(F)F. The highest BCUT2D eigenvalue weighted by Crippen LogP contribution is 2.24. The van der Waals surface area contributed by atoms with Gasteiger partial charge in [-0.25, -0.2) is 13.8 Å². The molecule has 0 radical (unpaired) electrons. The van der Waals surface area contributed by atoms with Crippen LogP contribution in [0.2, 0.25) is 0 Å². The molecule has 1 N–H and O–H groups in total. The van der Waals surface area contributed by atoms with E-state index in [4.69, 9.17) is 4.74 Å². The standard InChI is InChI=1S/C9H13F2N3O/c1-3-12-6(8(10)11)7-9(15-2)14-5-4-13-7/h4-6,8,12H,3H2,1-2H3. The van der Waals surface area contributed by atoms with E-state index in [1.54, 1.807) is 6.92 Å². The number of halogens is 2. The Morgan fingerprint density at radius 1 is 1.40 bits per heavy atom. The molecule has 0 aromatic carbocycles. The zero-order valence-electron chi connectivity index (χ0n) is 8.58. The van der Waals surface area contributed by atoms with Gasteiger partial charge in [-0.3, -0.25) is 4.98 Å². The van der Waals surface area contributed by atoms with Crippen molar-refractivity contribution in [2.24, 2.45) is 0 Å². The Bertz CT molecular complexity index is 309. The molecule has 15 heavy (non-hydrogen) atoms. The molecule has 0 saturated carbocycles. The summed E-state index contributed by atoms with van der Waals surface area (Å²) in [5, 5.41) is 2.64. The molecule has 1 atom stereocenters. The molecule has 1 heterocycles. The lowest BCUT2D eigenvalue weighted by atomic mass is 10.2.